The maximum Gasteiger partial charge on any atom is 0.258 e. The van der Waals surface area contributed by atoms with Crippen LogP contribution in [0.4, 0.5) is 5.82 Å². The van der Waals surface area contributed by atoms with Crippen molar-refractivity contribution in [3.63, 3.8) is 0 Å². The van der Waals surface area contributed by atoms with Gasteiger partial charge in [0.15, 0.2) is 0 Å². The molecule has 2 atom stereocenters. The molecule has 1 N–H and O–H groups in total. The van der Waals surface area contributed by atoms with Crippen molar-refractivity contribution in [1.82, 2.24) is 14.9 Å². The third kappa shape index (κ3) is 4.87. The van der Waals surface area contributed by atoms with Crippen molar-refractivity contribution in [2.24, 2.45) is 11.8 Å². The smallest absolute Gasteiger partial charge is 0.258 e. The summed E-state index contributed by atoms with van der Waals surface area (Å²) in [6.07, 6.45) is 10.9. The number of hydrogen-bond acceptors (Lipinski definition) is 5. The summed E-state index contributed by atoms with van der Waals surface area (Å²) < 4.78 is 0. The monoisotopic (exact) mass is 461 g/mol. The van der Waals surface area contributed by atoms with Crippen LogP contribution in [0, 0.1) is 23.2 Å². The number of carbonyl (C=O) groups excluding carboxylic acids is 2. The second kappa shape index (κ2) is 9.74. The molecule has 0 saturated carbocycles. The van der Waals surface area contributed by atoms with Gasteiger partial charge in [-0.25, -0.2) is 4.98 Å². The van der Waals surface area contributed by atoms with E-state index < -0.39 is 0 Å². The molecule has 5 rings (SSSR count). The van der Waals surface area contributed by atoms with E-state index in [1.54, 1.807) is 24.4 Å². The highest BCUT2D eigenvalue weighted by Crippen LogP contribution is 2.40. The largest absolute Gasteiger partial charge is 0.338 e. The second-order valence-corrected chi connectivity index (χ2v) is 8.73. The number of hydrogen-bond donors (Lipinski definition) is 1. The van der Waals surface area contributed by atoms with E-state index in [9.17, 15) is 14.9 Å². The maximum atomic E-state index is 12.8. The van der Waals surface area contributed by atoms with Crippen LogP contribution in [0.5, 0.6) is 0 Å². The first-order valence-corrected chi connectivity index (χ1v) is 11.5. The van der Waals surface area contributed by atoms with E-state index in [2.05, 4.69) is 51.7 Å². The molecule has 2 aromatic heterocycles. The molecule has 3 aromatic rings. The molecule has 7 nitrogen and oxygen atoms in total. The van der Waals surface area contributed by atoms with Gasteiger partial charge in [0.25, 0.3) is 5.91 Å². The Morgan fingerprint density at radius 1 is 1.11 bits per heavy atom. The Hall–Kier alpha value is -4.57. The fourth-order valence-corrected chi connectivity index (χ4v) is 4.67. The van der Waals surface area contributed by atoms with Gasteiger partial charge in [0.2, 0.25) is 5.91 Å². The number of amides is 2. The molecule has 2 amide bonds. The normalized spacial score (nSPS) is 18.7. The van der Waals surface area contributed by atoms with Crippen LogP contribution in [0.1, 0.15) is 33.5 Å². The minimum Gasteiger partial charge on any atom is -0.338 e. The zero-order valence-electron chi connectivity index (χ0n) is 19.0. The van der Waals surface area contributed by atoms with E-state index >= 15 is 0 Å². The summed E-state index contributed by atoms with van der Waals surface area (Å²) in [5, 5.41) is 12.2. The van der Waals surface area contributed by atoms with E-state index in [-0.39, 0.29) is 17.6 Å². The standard InChI is InChI=1S/C28H23N5O2/c29-14-23-13-26(32-28(35)21-7-4-10-30-15-21)31-16-20(23)8-9-27(34)33-17-24-11-22(12-25(24)18-33)19-5-2-1-3-6-19/h1-11,13,15-16,24-25H,12,17-18H2,(H,31,32,35). The van der Waals surface area contributed by atoms with Gasteiger partial charge in [0.05, 0.1) is 17.2 Å². The lowest BCUT2D eigenvalue weighted by molar-refractivity contribution is -0.125. The predicted octanol–water partition coefficient (Wildman–Crippen LogP) is 4.18. The zero-order valence-corrected chi connectivity index (χ0v) is 19.0. The predicted molar refractivity (Wildman–Crippen MR) is 133 cm³/mol. The molecule has 0 spiro atoms. The fourth-order valence-electron chi connectivity index (χ4n) is 4.67. The molecule has 2 aliphatic rings. The van der Waals surface area contributed by atoms with Crippen LogP contribution >= 0.6 is 0 Å². The molecule has 1 aromatic carbocycles. The minimum atomic E-state index is -0.364. The molecule has 0 radical (unpaired) electrons. The minimum absolute atomic E-state index is 0.0769. The Balaban J connectivity index is 1.22. The summed E-state index contributed by atoms with van der Waals surface area (Å²) in [6, 6.07) is 17.3. The van der Waals surface area contributed by atoms with Crippen LogP contribution in [0.15, 0.2) is 79.3 Å². The van der Waals surface area contributed by atoms with Gasteiger partial charge in [-0.2, -0.15) is 5.26 Å². The van der Waals surface area contributed by atoms with Crippen LogP contribution in [0.25, 0.3) is 11.6 Å². The quantitative estimate of drug-likeness (QED) is 0.575. The number of nitrogens with zero attached hydrogens (tertiary/aromatic N) is 4. The van der Waals surface area contributed by atoms with E-state index in [0.717, 1.165) is 13.0 Å². The molecule has 7 heteroatoms. The number of nitriles is 1. The molecule has 1 saturated heterocycles. The summed E-state index contributed by atoms with van der Waals surface area (Å²) in [5.41, 5.74) is 3.86. The van der Waals surface area contributed by atoms with Crippen LogP contribution < -0.4 is 5.32 Å². The number of allylic oxidation sites excluding steroid dienone is 1. The lowest BCUT2D eigenvalue weighted by atomic mass is 9.98. The van der Waals surface area contributed by atoms with Gasteiger partial charge in [-0.1, -0.05) is 36.4 Å². The lowest BCUT2D eigenvalue weighted by Gasteiger charge is -2.15. The number of carbonyl (C=O) groups is 2. The highest BCUT2D eigenvalue weighted by atomic mass is 16.2. The van der Waals surface area contributed by atoms with Crippen molar-refractivity contribution in [2.75, 3.05) is 18.4 Å². The Kier molecular flexibility index (Phi) is 6.18. The zero-order chi connectivity index (χ0) is 24.2. The average molecular weight is 462 g/mol. The fraction of sp³-hybridized carbons (Fsp3) is 0.179. The van der Waals surface area contributed by atoms with Crippen LogP contribution in [-0.2, 0) is 4.79 Å². The van der Waals surface area contributed by atoms with Gasteiger partial charge in [0.1, 0.15) is 5.82 Å². The molecular weight excluding hydrogens is 438 g/mol. The number of fused-ring (bicyclic) bond motifs is 1. The van der Waals surface area contributed by atoms with Gasteiger partial charge in [0, 0.05) is 43.3 Å². The van der Waals surface area contributed by atoms with Gasteiger partial charge in [-0.15, -0.1) is 0 Å². The van der Waals surface area contributed by atoms with Crippen molar-refractivity contribution in [3.8, 4) is 6.07 Å². The lowest BCUT2D eigenvalue weighted by Crippen LogP contribution is -2.27. The Bertz CT molecular complexity index is 1360. The van der Waals surface area contributed by atoms with E-state index in [1.165, 1.54) is 35.7 Å². The first-order chi connectivity index (χ1) is 17.1. The van der Waals surface area contributed by atoms with Crippen molar-refractivity contribution < 1.29 is 9.59 Å². The van der Waals surface area contributed by atoms with Gasteiger partial charge in [-0.05, 0) is 53.7 Å². The third-order valence-electron chi connectivity index (χ3n) is 6.47. The summed E-state index contributed by atoms with van der Waals surface area (Å²) in [7, 11) is 0. The molecule has 1 aliphatic carbocycles. The van der Waals surface area contributed by atoms with Crippen molar-refractivity contribution in [3.05, 3.63) is 102 Å². The highest BCUT2D eigenvalue weighted by Gasteiger charge is 2.37. The molecular formula is C28H23N5O2. The Morgan fingerprint density at radius 3 is 2.71 bits per heavy atom. The number of likely N-dealkylation sites (tertiary alicyclic amines) is 1. The highest BCUT2D eigenvalue weighted by molar-refractivity contribution is 6.03. The summed E-state index contributed by atoms with van der Waals surface area (Å²) in [6.45, 7) is 1.43. The first-order valence-electron chi connectivity index (χ1n) is 11.5. The molecule has 3 heterocycles. The average Bonchev–Trinajstić information content (AvgIpc) is 3.48. The number of rotatable bonds is 5. The maximum absolute atomic E-state index is 12.8. The third-order valence-corrected chi connectivity index (χ3v) is 6.47. The van der Waals surface area contributed by atoms with E-state index in [0.29, 0.717) is 35.1 Å². The molecule has 2 unspecified atom stereocenters. The van der Waals surface area contributed by atoms with Gasteiger partial charge >= 0.3 is 0 Å². The van der Waals surface area contributed by atoms with Gasteiger partial charge in [-0.3, -0.25) is 14.6 Å². The van der Waals surface area contributed by atoms with Crippen molar-refractivity contribution >= 4 is 29.3 Å². The summed E-state index contributed by atoms with van der Waals surface area (Å²) >= 11 is 0. The second-order valence-electron chi connectivity index (χ2n) is 8.73. The first kappa shape index (κ1) is 22.2. The number of anilines is 1. The van der Waals surface area contributed by atoms with Crippen LogP contribution in [0.3, 0.4) is 0 Å². The Morgan fingerprint density at radius 2 is 1.97 bits per heavy atom. The van der Waals surface area contributed by atoms with E-state index in [4.69, 9.17) is 0 Å². The topological polar surface area (TPSA) is 99.0 Å². The molecule has 1 aliphatic heterocycles. The SMILES string of the molecule is N#Cc1cc(NC(=O)c2cccnc2)ncc1C=CC(=O)N1CC2C=C(c3ccccc3)CC2C1. The molecule has 35 heavy (non-hydrogen) atoms. The van der Waals surface area contributed by atoms with E-state index in [1.807, 2.05) is 11.0 Å². The number of benzene rings is 1. The van der Waals surface area contributed by atoms with Crippen molar-refractivity contribution in [2.45, 2.75) is 6.42 Å². The molecule has 1 fully saturated rings. The molecule has 0 bridgehead atoms. The van der Waals surface area contributed by atoms with Gasteiger partial charge < -0.3 is 10.2 Å². The number of nitrogens with one attached hydrogen (secondary N) is 1. The molecule has 172 valence electrons. The number of pyridine rings is 2. The van der Waals surface area contributed by atoms with Crippen LogP contribution in [-0.4, -0.2) is 39.8 Å². The van der Waals surface area contributed by atoms with Crippen molar-refractivity contribution in [1.29, 1.82) is 5.26 Å². The Labute approximate surface area is 203 Å². The summed E-state index contributed by atoms with van der Waals surface area (Å²) in [4.78, 5) is 35.1. The van der Waals surface area contributed by atoms with Crippen LogP contribution in [0.2, 0.25) is 0 Å². The summed E-state index contributed by atoms with van der Waals surface area (Å²) in [5.74, 6) is 0.638. The number of aromatic nitrogens is 2.